The summed E-state index contributed by atoms with van der Waals surface area (Å²) >= 11 is 0. The number of carbonyl (C=O) groups excluding carboxylic acids is 1. The number of likely N-dealkylation sites (N-methyl/N-ethyl adjacent to an activating group) is 1. The summed E-state index contributed by atoms with van der Waals surface area (Å²) in [6.07, 6.45) is -2.65. The second-order valence-electron chi connectivity index (χ2n) is 4.90. The molecule has 1 aliphatic heterocycles. The zero-order valence-corrected chi connectivity index (χ0v) is 11.7. The summed E-state index contributed by atoms with van der Waals surface area (Å²) < 4.78 is 38.0. The quantitative estimate of drug-likeness (QED) is 0.842. The SMILES string of the molecule is CN1CCN(c2ccc(C(=O)NCC(F)F)nc2F)CC1. The first kappa shape index (κ1) is 15.6. The van der Waals surface area contributed by atoms with Gasteiger partial charge in [-0.25, -0.2) is 13.8 Å². The Hall–Kier alpha value is -1.83. The van der Waals surface area contributed by atoms with Crippen molar-refractivity contribution in [2.75, 3.05) is 44.7 Å². The second-order valence-corrected chi connectivity index (χ2v) is 4.90. The molecule has 1 aliphatic rings. The molecular weight excluding hydrogens is 285 g/mol. The maximum Gasteiger partial charge on any atom is 0.270 e. The van der Waals surface area contributed by atoms with E-state index in [4.69, 9.17) is 0 Å². The van der Waals surface area contributed by atoms with E-state index in [2.05, 4.69) is 9.88 Å². The van der Waals surface area contributed by atoms with Gasteiger partial charge in [0.05, 0.1) is 12.2 Å². The molecule has 5 nitrogen and oxygen atoms in total. The van der Waals surface area contributed by atoms with Gasteiger partial charge in [0.15, 0.2) is 0 Å². The van der Waals surface area contributed by atoms with Crippen LogP contribution >= 0.6 is 0 Å². The number of nitrogens with one attached hydrogen (secondary N) is 1. The molecule has 1 N–H and O–H groups in total. The number of aromatic nitrogens is 1. The van der Waals surface area contributed by atoms with E-state index in [0.717, 1.165) is 13.1 Å². The first-order chi connectivity index (χ1) is 9.97. The minimum atomic E-state index is -2.65. The molecule has 0 radical (unpaired) electrons. The van der Waals surface area contributed by atoms with Gasteiger partial charge >= 0.3 is 0 Å². The number of halogens is 3. The molecular formula is C13H17F3N4O. The highest BCUT2D eigenvalue weighted by atomic mass is 19.3. The topological polar surface area (TPSA) is 48.5 Å². The van der Waals surface area contributed by atoms with Gasteiger partial charge in [0.25, 0.3) is 12.3 Å². The van der Waals surface area contributed by atoms with Gasteiger partial charge in [-0.2, -0.15) is 4.39 Å². The molecule has 116 valence electrons. The van der Waals surface area contributed by atoms with Crippen molar-refractivity contribution in [2.45, 2.75) is 6.43 Å². The Bertz CT molecular complexity index is 504. The third-order valence-electron chi connectivity index (χ3n) is 3.32. The van der Waals surface area contributed by atoms with E-state index in [9.17, 15) is 18.0 Å². The Morgan fingerprint density at radius 3 is 2.57 bits per heavy atom. The Balaban J connectivity index is 2.05. The highest BCUT2D eigenvalue weighted by molar-refractivity contribution is 5.92. The van der Waals surface area contributed by atoms with Gasteiger partial charge in [0.2, 0.25) is 5.95 Å². The Labute approximate surface area is 120 Å². The number of anilines is 1. The van der Waals surface area contributed by atoms with Crippen LogP contribution in [-0.2, 0) is 0 Å². The monoisotopic (exact) mass is 302 g/mol. The molecule has 2 rings (SSSR count). The van der Waals surface area contributed by atoms with Crippen LogP contribution in [0, 0.1) is 5.95 Å². The van der Waals surface area contributed by atoms with E-state index in [-0.39, 0.29) is 5.69 Å². The third-order valence-corrected chi connectivity index (χ3v) is 3.32. The van der Waals surface area contributed by atoms with Crippen LogP contribution in [0.15, 0.2) is 12.1 Å². The predicted octanol–water partition coefficient (Wildman–Crippen LogP) is 0.967. The molecule has 1 aromatic heterocycles. The minimum absolute atomic E-state index is 0.203. The maximum absolute atomic E-state index is 14.0. The molecule has 0 spiro atoms. The summed E-state index contributed by atoms with van der Waals surface area (Å²) in [6, 6.07) is 2.81. The molecule has 0 atom stereocenters. The molecule has 1 saturated heterocycles. The molecule has 0 unspecified atom stereocenters. The molecule has 0 aliphatic carbocycles. The molecule has 1 fully saturated rings. The zero-order valence-electron chi connectivity index (χ0n) is 11.7. The average molecular weight is 302 g/mol. The van der Waals surface area contributed by atoms with Crippen molar-refractivity contribution in [3.8, 4) is 0 Å². The van der Waals surface area contributed by atoms with Crippen LogP contribution < -0.4 is 10.2 Å². The lowest BCUT2D eigenvalue weighted by Gasteiger charge is -2.33. The van der Waals surface area contributed by atoms with Crippen LogP contribution in [-0.4, -0.2) is 62.0 Å². The standard InChI is InChI=1S/C13H17F3N4O/c1-19-4-6-20(7-5-19)10-3-2-9(18-12(10)16)13(21)17-8-11(14)15/h2-3,11H,4-8H2,1H3,(H,17,21). The molecule has 0 saturated carbocycles. The van der Waals surface area contributed by atoms with Crippen molar-refractivity contribution in [3.05, 3.63) is 23.8 Å². The van der Waals surface area contributed by atoms with E-state index in [0.29, 0.717) is 18.8 Å². The summed E-state index contributed by atoms with van der Waals surface area (Å²) in [5.41, 5.74) is 0.125. The van der Waals surface area contributed by atoms with Gasteiger partial charge in [-0.1, -0.05) is 0 Å². The largest absolute Gasteiger partial charge is 0.365 e. The lowest BCUT2D eigenvalue weighted by molar-refractivity contribution is 0.0886. The van der Waals surface area contributed by atoms with Crippen LogP contribution in [0.1, 0.15) is 10.5 Å². The lowest BCUT2D eigenvalue weighted by atomic mass is 10.2. The van der Waals surface area contributed by atoms with Crippen LogP contribution in [0.2, 0.25) is 0 Å². The molecule has 1 aromatic rings. The van der Waals surface area contributed by atoms with Gasteiger partial charge in [0.1, 0.15) is 5.69 Å². The van der Waals surface area contributed by atoms with E-state index >= 15 is 0 Å². The van der Waals surface area contributed by atoms with Crippen molar-refractivity contribution >= 4 is 11.6 Å². The highest BCUT2D eigenvalue weighted by Crippen LogP contribution is 2.19. The molecule has 2 heterocycles. The lowest BCUT2D eigenvalue weighted by Crippen LogP contribution is -2.45. The van der Waals surface area contributed by atoms with Crippen LogP contribution in [0.3, 0.4) is 0 Å². The zero-order chi connectivity index (χ0) is 15.4. The van der Waals surface area contributed by atoms with Crippen LogP contribution in [0.5, 0.6) is 0 Å². The number of rotatable bonds is 4. The minimum Gasteiger partial charge on any atom is -0.365 e. The number of piperazine rings is 1. The fourth-order valence-corrected chi connectivity index (χ4v) is 2.10. The maximum atomic E-state index is 14.0. The number of hydrogen-bond donors (Lipinski definition) is 1. The highest BCUT2D eigenvalue weighted by Gasteiger charge is 2.19. The summed E-state index contributed by atoms with van der Waals surface area (Å²) in [4.78, 5) is 19.1. The molecule has 21 heavy (non-hydrogen) atoms. The van der Waals surface area contributed by atoms with Gasteiger partial charge in [0, 0.05) is 26.2 Å². The van der Waals surface area contributed by atoms with Gasteiger partial charge in [-0.15, -0.1) is 0 Å². The van der Waals surface area contributed by atoms with E-state index < -0.39 is 24.8 Å². The summed E-state index contributed by atoms with van der Waals surface area (Å²) in [5, 5.41) is 1.99. The van der Waals surface area contributed by atoms with Gasteiger partial charge < -0.3 is 15.1 Å². The Morgan fingerprint density at radius 1 is 1.33 bits per heavy atom. The van der Waals surface area contributed by atoms with E-state index in [1.54, 1.807) is 0 Å². The van der Waals surface area contributed by atoms with Crippen molar-refractivity contribution in [3.63, 3.8) is 0 Å². The third kappa shape index (κ3) is 4.07. The number of nitrogens with zero attached hydrogens (tertiary/aromatic N) is 3. The first-order valence-electron chi connectivity index (χ1n) is 6.63. The van der Waals surface area contributed by atoms with Crippen LogP contribution in [0.25, 0.3) is 0 Å². The smallest absolute Gasteiger partial charge is 0.270 e. The van der Waals surface area contributed by atoms with Crippen molar-refractivity contribution in [2.24, 2.45) is 0 Å². The number of alkyl halides is 2. The fourth-order valence-electron chi connectivity index (χ4n) is 2.10. The summed E-state index contributed by atoms with van der Waals surface area (Å²) in [5.74, 6) is -1.57. The van der Waals surface area contributed by atoms with Crippen molar-refractivity contribution in [1.82, 2.24) is 15.2 Å². The number of pyridine rings is 1. The van der Waals surface area contributed by atoms with Crippen molar-refractivity contribution in [1.29, 1.82) is 0 Å². The summed E-state index contributed by atoms with van der Waals surface area (Å²) in [7, 11) is 1.99. The predicted molar refractivity (Wildman–Crippen MR) is 72.2 cm³/mol. The number of carbonyl (C=O) groups is 1. The van der Waals surface area contributed by atoms with E-state index in [1.165, 1.54) is 12.1 Å². The van der Waals surface area contributed by atoms with Crippen molar-refractivity contribution < 1.29 is 18.0 Å². The molecule has 1 amide bonds. The van der Waals surface area contributed by atoms with E-state index in [1.807, 2.05) is 17.3 Å². The molecule has 0 bridgehead atoms. The van der Waals surface area contributed by atoms with Crippen LogP contribution in [0.4, 0.5) is 18.9 Å². The second kappa shape index (κ2) is 6.75. The molecule has 0 aromatic carbocycles. The van der Waals surface area contributed by atoms with Gasteiger partial charge in [-0.05, 0) is 19.2 Å². The normalized spacial score (nSPS) is 16.3. The Kier molecular flexibility index (Phi) is 5.00. The molecule has 8 heteroatoms. The average Bonchev–Trinajstić information content (AvgIpc) is 2.45. The Morgan fingerprint density at radius 2 is 2.00 bits per heavy atom. The van der Waals surface area contributed by atoms with Gasteiger partial charge in [-0.3, -0.25) is 4.79 Å². The first-order valence-corrected chi connectivity index (χ1v) is 6.63. The number of hydrogen-bond acceptors (Lipinski definition) is 4. The number of amides is 1. The fraction of sp³-hybridized carbons (Fsp3) is 0.538. The summed E-state index contributed by atoms with van der Waals surface area (Å²) in [6.45, 7) is 2.20.